The van der Waals surface area contributed by atoms with Crippen molar-refractivity contribution in [1.82, 2.24) is 0 Å². The van der Waals surface area contributed by atoms with Gasteiger partial charge in [0.1, 0.15) is 0 Å². The van der Waals surface area contributed by atoms with E-state index in [0.29, 0.717) is 6.04 Å². The number of amidine groups is 1. The van der Waals surface area contributed by atoms with Gasteiger partial charge in [-0.3, -0.25) is 4.99 Å². The third-order valence-electron chi connectivity index (χ3n) is 2.43. The van der Waals surface area contributed by atoms with E-state index in [2.05, 4.69) is 41.7 Å². The molecule has 0 amide bonds. The molecule has 0 unspecified atom stereocenters. The standard InChI is InChI=1S/C12H16N2S/c1-9-5-3-4-6-11(9)14-12(15-2)13-10-7-8-10/h3-6,10H,7-8H2,1-2H3,(H,13,14). The van der Waals surface area contributed by atoms with Gasteiger partial charge in [0, 0.05) is 5.69 Å². The van der Waals surface area contributed by atoms with Gasteiger partial charge in [-0.1, -0.05) is 30.0 Å². The van der Waals surface area contributed by atoms with Gasteiger partial charge >= 0.3 is 0 Å². The Hall–Kier alpha value is -0.960. The van der Waals surface area contributed by atoms with Crippen LogP contribution in [0.1, 0.15) is 18.4 Å². The molecule has 0 bridgehead atoms. The van der Waals surface area contributed by atoms with Crippen LogP contribution in [0.15, 0.2) is 29.3 Å². The number of hydrogen-bond acceptors (Lipinski definition) is 2. The lowest BCUT2D eigenvalue weighted by molar-refractivity contribution is 1.07. The van der Waals surface area contributed by atoms with Gasteiger partial charge in [-0.05, 0) is 37.7 Å². The summed E-state index contributed by atoms with van der Waals surface area (Å²) in [5, 5.41) is 4.42. The molecule has 0 atom stereocenters. The van der Waals surface area contributed by atoms with Crippen LogP contribution in [0.25, 0.3) is 0 Å². The highest BCUT2D eigenvalue weighted by atomic mass is 32.2. The average molecular weight is 220 g/mol. The summed E-state index contributed by atoms with van der Waals surface area (Å²) < 4.78 is 0. The van der Waals surface area contributed by atoms with Crippen LogP contribution in [0.4, 0.5) is 5.69 Å². The molecule has 1 aliphatic rings. The van der Waals surface area contributed by atoms with Crippen LogP contribution in [0.5, 0.6) is 0 Å². The maximum atomic E-state index is 4.61. The highest BCUT2D eigenvalue weighted by Crippen LogP contribution is 2.25. The van der Waals surface area contributed by atoms with Gasteiger partial charge in [0.05, 0.1) is 6.04 Å². The summed E-state index contributed by atoms with van der Waals surface area (Å²) in [6, 6.07) is 8.87. The van der Waals surface area contributed by atoms with E-state index < -0.39 is 0 Å². The number of benzene rings is 1. The van der Waals surface area contributed by atoms with Crippen molar-refractivity contribution in [3.05, 3.63) is 29.8 Å². The SMILES string of the molecule is CSC(=NC1CC1)Nc1ccccc1C. The molecular formula is C12H16N2S. The van der Waals surface area contributed by atoms with Crippen LogP contribution in [-0.2, 0) is 0 Å². The summed E-state index contributed by atoms with van der Waals surface area (Å²) in [4.78, 5) is 4.61. The van der Waals surface area contributed by atoms with Gasteiger partial charge in [-0.2, -0.15) is 0 Å². The Kier molecular flexibility index (Phi) is 3.31. The molecule has 1 saturated carbocycles. The number of nitrogens with one attached hydrogen (secondary N) is 1. The second kappa shape index (κ2) is 4.71. The van der Waals surface area contributed by atoms with E-state index in [1.807, 2.05) is 6.07 Å². The van der Waals surface area contributed by atoms with Crippen LogP contribution >= 0.6 is 11.8 Å². The van der Waals surface area contributed by atoms with E-state index in [-0.39, 0.29) is 0 Å². The van der Waals surface area contributed by atoms with Crippen molar-refractivity contribution in [3.63, 3.8) is 0 Å². The summed E-state index contributed by atoms with van der Waals surface area (Å²) in [6.45, 7) is 2.11. The first-order valence-corrected chi connectivity index (χ1v) is 6.46. The monoisotopic (exact) mass is 220 g/mol. The van der Waals surface area contributed by atoms with E-state index >= 15 is 0 Å². The number of nitrogens with zero attached hydrogens (tertiary/aromatic N) is 1. The molecule has 2 nitrogen and oxygen atoms in total. The van der Waals surface area contributed by atoms with E-state index in [9.17, 15) is 0 Å². The molecule has 0 saturated heterocycles. The van der Waals surface area contributed by atoms with Crippen molar-refractivity contribution < 1.29 is 0 Å². The lowest BCUT2D eigenvalue weighted by Crippen LogP contribution is -2.09. The predicted molar refractivity (Wildman–Crippen MR) is 68.8 cm³/mol. The zero-order valence-electron chi connectivity index (χ0n) is 9.16. The highest BCUT2D eigenvalue weighted by Gasteiger charge is 2.20. The molecule has 1 fully saturated rings. The molecule has 1 aliphatic carbocycles. The Labute approximate surface area is 95.2 Å². The fourth-order valence-electron chi connectivity index (χ4n) is 1.33. The van der Waals surface area contributed by atoms with Crippen LogP contribution in [0, 0.1) is 6.92 Å². The minimum Gasteiger partial charge on any atom is -0.335 e. The predicted octanol–water partition coefficient (Wildman–Crippen LogP) is 3.29. The number of hydrogen-bond donors (Lipinski definition) is 1. The van der Waals surface area contributed by atoms with Crippen molar-refractivity contribution in [2.24, 2.45) is 4.99 Å². The molecule has 0 spiro atoms. The number of anilines is 1. The minimum absolute atomic E-state index is 0.573. The molecule has 1 aromatic rings. The summed E-state index contributed by atoms with van der Waals surface area (Å²) in [6.07, 6.45) is 4.56. The number of aryl methyl sites for hydroxylation is 1. The van der Waals surface area contributed by atoms with Crippen molar-refractivity contribution in [3.8, 4) is 0 Å². The Bertz CT molecular complexity index is 370. The summed E-state index contributed by atoms with van der Waals surface area (Å²) in [5.41, 5.74) is 2.42. The van der Waals surface area contributed by atoms with E-state index in [1.165, 1.54) is 18.4 Å². The fourth-order valence-corrected chi connectivity index (χ4v) is 1.80. The van der Waals surface area contributed by atoms with Crippen LogP contribution in [0.3, 0.4) is 0 Å². The number of para-hydroxylation sites is 1. The van der Waals surface area contributed by atoms with Gasteiger partial charge < -0.3 is 5.32 Å². The third-order valence-corrected chi connectivity index (χ3v) is 3.02. The topological polar surface area (TPSA) is 24.4 Å². The molecule has 3 heteroatoms. The Morgan fingerprint density at radius 3 is 2.73 bits per heavy atom. The summed E-state index contributed by atoms with van der Waals surface area (Å²) in [7, 11) is 0. The maximum absolute atomic E-state index is 4.61. The van der Waals surface area contributed by atoms with Gasteiger partial charge in [0.2, 0.25) is 0 Å². The maximum Gasteiger partial charge on any atom is 0.161 e. The number of rotatable bonds is 2. The lowest BCUT2D eigenvalue weighted by atomic mass is 10.2. The van der Waals surface area contributed by atoms with Crippen molar-refractivity contribution in [1.29, 1.82) is 0 Å². The van der Waals surface area contributed by atoms with E-state index in [0.717, 1.165) is 10.9 Å². The molecule has 2 rings (SSSR count). The second-order valence-corrected chi connectivity index (χ2v) is 4.60. The Balaban J connectivity index is 2.09. The lowest BCUT2D eigenvalue weighted by Gasteiger charge is -2.09. The molecule has 0 aromatic heterocycles. The van der Waals surface area contributed by atoms with Crippen molar-refractivity contribution >= 4 is 22.6 Å². The van der Waals surface area contributed by atoms with Gasteiger partial charge in [-0.15, -0.1) is 0 Å². The Morgan fingerprint density at radius 2 is 2.13 bits per heavy atom. The number of thioether (sulfide) groups is 1. The van der Waals surface area contributed by atoms with E-state index in [4.69, 9.17) is 0 Å². The smallest absolute Gasteiger partial charge is 0.161 e. The molecule has 15 heavy (non-hydrogen) atoms. The summed E-state index contributed by atoms with van der Waals surface area (Å²) >= 11 is 1.68. The number of aliphatic imine (C=N–C) groups is 1. The largest absolute Gasteiger partial charge is 0.335 e. The normalized spacial score (nSPS) is 16.5. The molecule has 0 aliphatic heterocycles. The van der Waals surface area contributed by atoms with Crippen LogP contribution in [0.2, 0.25) is 0 Å². The van der Waals surface area contributed by atoms with Gasteiger partial charge in [0.25, 0.3) is 0 Å². The van der Waals surface area contributed by atoms with Crippen molar-refractivity contribution in [2.75, 3.05) is 11.6 Å². The molecule has 1 aromatic carbocycles. The summed E-state index contributed by atoms with van der Waals surface area (Å²) in [5.74, 6) is 0. The first-order chi connectivity index (χ1) is 7.29. The zero-order valence-corrected chi connectivity index (χ0v) is 9.97. The molecule has 1 N–H and O–H groups in total. The fraction of sp³-hybridized carbons (Fsp3) is 0.417. The van der Waals surface area contributed by atoms with E-state index in [1.54, 1.807) is 11.8 Å². The molecular weight excluding hydrogens is 204 g/mol. The molecule has 80 valence electrons. The first kappa shape index (κ1) is 10.6. The van der Waals surface area contributed by atoms with Gasteiger partial charge in [0.15, 0.2) is 5.17 Å². The highest BCUT2D eigenvalue weighted by molar-refractivity contribution is 8.13. The molecule has 0 heterocycles. The quantitative estimate of drug-likeness (QED) is 0.611. The van der Waals surface area contributed by atoms with Crippen LogP contribution in [-0.4, -0.2) is 17.5 Å². The van der Waals surface area contributed by atoms with Crippen molar-refractivity contribution in [2.45, 2.75) is 25.8 Å². The third kappa shape index (κ3) is 2.99. The average Bonchev–Trinajstić information content (AvgIpc) is 3.04. The van der Waals surface area contributed by atoms with Gasteiger partial charge in [-0.25, -0.2) is 0 Å². The van der Waals surface area contributed by atoms with Crippen LogP contribution < -0.4 is 5.32 Å². The second-order valence-electron chi connectivity index (χ2n) is 3.81. The zero-order chi connectivity index (χ0) is 10.7. The minimum atomic E-state index is 0.573. The molecule has 0 radical (unpaired) electrons. The first-order valence-electron chi connectivity index (χ1n) is 5.24. The Morgan fingerprint density at radius 1 is 1.40 bits per heavy atom.